The number of fused-ring (bicyclic) bond motifs is 2. The van der Waals surface area contributed by atoms with E-state index in [1.807, 2.05) is 45.0 Å². The van der Waals surface area contributed by atoms with Crippen LogP contribution in [0.15, 0.2) is 39.5 Å². The summed E-state index contributed by atoms with van der Waals surface area (Å²) in [6.45, 7) is 12.4. The summed E-state index contributed by atoms with van der Waals surface area (Å²) < 4.78 is 7.51. The summed E-state index contributed by atoms with van der Waals surface area (Å²) in [4.78, 5) is 20.9. The van der Waals surface area contributed by atoms with Crippen LogP contribution in [0.5, 0.6) is 5.75 Å². The van der Waals surface area contributed by atoms with Gasteiger partial charge in [-0.1, -0.05) is 46.8 Å². The van der Waals surface area contributed by atoms with Crippen LogP contribution in [0.4, 0.5) is 0 Å². The van der Waals surface area contributed by atoms with Gasteiger partial charge in [-0.25, -0.2) is 4.98 Å². The minimum absolute atomic E-state index is 0.0107. The second-order valence-electron chi connectivity index (χ2n) is 8.37. The summed E-state index contributed by atoms with van der Waals surface area (Å²) in [7, 11) is 0. The number of hydrogen-bond donors (Lipinski definition) is 1. The topological polar surface area (TPSA) is 66.6 Å². The smallest absolute Gasteiger partial charge is 0.203 e. The highest BCUT2D eigenvalue weighted by Crippen LogP contribution is 2.38. The number of rotatable bonds is 7. The number of aromatic nitrogens is 1. The molecule has 0 aliphatic rings. The summed E-state index contributed by atoms with van der Waals surface area (Å²) in [5, 5.41) is 12.2. The molecule has 6 heteroatoms. The zero-order chi connectivity index (χ0) is 23.0. The molecule has 2 aromatic carbocycles. The average molecular weight is 451 g/mol. The zero-order valence-electron chi connectivity index (χ0n) is 19.4. The first-order chi connectivity index (χ1) is 15.4. The van der Waals surface area contributed by atoms with E-state index in [0.29, 0.717) is 45.8 Å². The number of phenols is 1. The molecule has 0 atom stereocenters. The molecule has 2 heterocycles. The molecule has 0 aliphatic carbocycles. The molecule has 0 fully saturated rings. The molecule has 2 aromatic heterocycles. The Morgan fingerprint density at radius 2 is 1.88 bits per heavy atom. The van der Waals surface area contributed by atoms with Gasteiger partial charge in [-0.2, -0.15) is 0 Å². The first kappa shape index (κ1) is 22.5. The number of para-hydroxylation sites is 1. The van der Waals surface area contributed by atoms with E-state index in [1.165, 1.54) is 11.3 Å². The van der Waals surface area contributed by atoms with Crippen molar-refractivity contribution in [3.8, 4) is 16.3 Å². The Hall–Kier alpha value is -2.70. The molecule has 0 radical (unpaired) electrons. The Morgan fingerprint density at radius 1 is 1.16 bits per heavy atom. The normalized spacial score (nSPS) is 12.0. The molecule has 32 heavy (non-hydrogen) atoms. The van der Waals surface area contributed by atoms with Gasteiger partial charge in [0, 0.05) is 12.5 Å². The summed E-state index contributed by atoms with van der Waals surface area (Å²) in [6.07, 6.45) is 0.634. The lowest BCUT2D eigenvalue weighted by Crippen LogP contribution is -2.23. The van der Waals surface area contributed by atoms with Crippen LogP contribution in [0.2, 0.25) is 0 Å². The van der Waals surface area contributed by atoms with Crippen LogP contribution in [0.1, 0.15) is 57.4 Å². The number of benzene rings is 2. The fraction of sp³-hybridized carbons (Fsp3) is 0.385. The van der Waals surface area contributed by atoms with Gasteiger partial charge in [0.15, 0.2) is 0 Å². The monoisotopic (exact) mass is 450 g/mol. The second-order valence-corrected chi connectivity index (χ2v) is 9.40. The molecular formula is C26H30N2O3S. The first-order valence-corrected chi connectivity index (χ1v) is 12.1. The fourth-order valence-electron chi connectivity index (χ4n) is 4.14. The van der Waals surface area contributed by atoms with Gasteiger partial charge in [0.25, 0.3) is 0 Å². The van der Waals surface area contributed by atoms with Crippen LogP contribution in [-0.2, 0) is 13.0 Å². The highest BCUT2D eigenvalue weighted by Gasteiger charge is 2.25. The largest absolute Gasteiger partial charge is 0.507 e. The summed E-state index contributed by atoms with van der Waals surface area (Å²) in [5.41, 5.74) is 3.28. The highest BCUT2D eigenvalue weighted by atomic mass is 32.1. The minimum atomic E-state index is -0.0792. The van der Waals surface area contributed by atoms with Crippen LogP contribution in [0, 0.1) is 0 Å². The van der Waals surface area contributed by atoms with E-state index in [4.69, 9.17) is 9.40 Å². The second kappa shape index (κ2) is 9.04. The van der Waals surface area contributed by atoms with Gasteiger partial charge in [-0.3, -0.25) is 9.69 Å². The van der Waals surface area contributed by atoms with Gasteiger partial charge < -0.3 is 9.52 Å². The molecule has 4 aromatic rings. The van der Waals surface area contributed by atoms with E-state index in [2.05, 4.69) is 18.7 Å². The van der Waals surface area contributed by atoms with Gasteiger partial charge in [0.05, 0.1) is 26.7 Å². The van der Waals surface area contributed by atoms with Crippen molar-refractivity contribution < 1.29 is 9.52 Å². The van der Waals surface area contributed by atoms with Gasteiger partial charge in [0.2, 0.25) is 5.43 Å². The minimum Gasteiger partial charge on any atom is -0.507 e. The third-order valence-electron chi connectivity index (χ3n) is 6.05. The van der Waals surface area contributed by atoms with Gasteiger partial charge in [0.1, 0.15) is 22.1 Å². The lowest BCUT2D eigenvalue weighted by molar-refractivity contribution is 0.290. The fourth-order valence-corrected chi connectivity index (χ4v) is 5.15. The molecule has 4 rings (SSSR count). The van der Waals surface area contributed by atoms with Crippen molar-refractivity contribution in [2.24, 2.45) is 0 Å². The quantitative estimate of drug-likeness (QED) is 0.358. The molecule has 0 aliphatic heterocycles. The van der Waals surface area contributed by atoms with E-state index in [1.54, 1.807) is 6.07 Å². The Balaban J connectivity index is 2.06. The van der Waals surface area contributed by atoms with E-state index in [-0.39, 0.29) is 17.1 Å². The van der Waals surface area contributed by atoms with Crippen molar-refractivity contribution in [3.63, 3.8) is 0 Å². The number of aryl methyl sites for hydroxylation is 1. The number of thiazole rings is 1. The molecule has 1 N–H and O–H groups in total. The summed E-state index contributed by atoms with van der Waals surface area (Å²) in [5.74, 6) is 0.840. The Labute approximate surface area is 192 Å². The maximum absolute atomic E-state index is 13.9. The maximum atomic E-state index is 13.9. The number of phenolic OH excluding ortho intramolecular Hbond substituents is 1. The van der Waals surface area contributed by atoms with Crippen molar-refractivity contribution in [2.45, 2.75) is 53.5 Å². The molecule has 0 saturated heterocycles. The maximum Gasteiger partial charge on any atom is 0.203 e. The molecular weight excluding hydrogens is 420 g/mol. The van der Waals surface area contributed by atoms with Crippen molar-refractivity contribution in [2.75, 3.05) is 13.1 Å². The predicted molar refractivity (Wildman–Crippen MR) is 133 cm³/mol. The highest BCUT2D eigenvalue weighted by molar-refractivity contribution is 7.21. The third kappa shape index (κ3) is 3.82. The standard InChI is InChI=1S/C26H30N2O3S/c1-6-16-13-17-23(30)21(26-27-19-11-9-10-12-20(19)32-26)24(15(4)5)31-25(17)18(22(16)29)14-28(7-2)8-3/h9-13,15,29H,6-8,14H2,1-5H3. The SMILES string of the molecule is CCc1cc2c(=O)c(-c3nc4ccccc4s3)c(C(C)C)oc2c(CN(CC)CC)c1O. The molecule has 0 amide bonds. The van der Waals surface area contributed by atoms with Crippen LogP contribution in [0.25, 0.3) is 31.8 Å². The Bertz CT molecular complexity index is 1300. The zero-order valence-corrected chi connectivity index (χ0v) is 20.2. The number of aromatic hydroxyl groups is 1. The van der Waals surface area contributed by atoms with Crippen LogP contribution < -0.4 is 5.43 Å². The van der Waals surface area contributed by atoms with Crippen molar-refractivity contribution >= 4 is 32.5 Å². The van der Waals surface area contributed by atoms with Gasteiger partial charge >= 0.3 is 0 Å². The average Bonchev–Trinajstić information content (AvgIpc) is 3.21. The third-order valence-corrected chi connectivity index (χ3v) is 7.10. The van der Waals surface area contributed by atoms with E-state index in [0.717, 1.165) is 28.9 Å². The first-order valence-electron chi connectivity index (χ1n) is 11.3. The van der Waals surface area contributed by atoms with Crippen molar-refractivity contribution in [3.05, 3.63) is 57.4 Å². The molecule has 0 bridgehead atoms. The Morgan fingerprint density at radius 3 is 2.50 bits per heavy atom. The molecule has 168 valence electrons. The number of hydrogen-bond acceptors (Lipinski definition) is 6. The summed E-state index contributed by atoms with van der Waals surface area (Å²) >= 11 is 1.51. The molecule has 5 nitrogen and oxygen atoms in total. The van der Waals surface area contributed by atoms with Crippen LogP contribution in [0.3, 0.4) is 0 Å². The van der Waals surface area contributed by atoms with Crippen LogP contribution >= 0.6 is 11.3 Å². The Kier molecular flexibility index (Phi) is 6.35. The lowest BCUT2D eigenvalue weighted by atomic mass is 9.98. The predicted octanol–water partition coefficient (Wildman–Crippen LogP) is 6.30. The molecule has 0 unspecified atom stereocenters. The molecule has 0 saturated carbocycles. The summed E-state index contributed by atoms with van der Waals surface area (Å²) in [6, 6.07) is 9.70. The van der Waals surface area contributed by atoms with E-state index >= 15 is 0 Å². The number of nitrogens with zero attached hydrogens (tertiary/aromatic N) is 2. The van der Waals surface area contributed by atoms with Gasteiger partial charge in [-0.15, -0.1) is 11.3 Å². The van der Waals surface area contributed by atoms with E-state index < -0.39 is 0 Å². The lowest BCUT2D eigenvalue weighted by Gasteiger charge is -2.21. The van der Waals surface area contributed by atoms with Crippen molar-refractivity contribution in [1.29, 1.82) is 0 Å². The van der Waals surface area contributed by atoms with E-state index in [9.17, 15) is 9.90 Å². The molecule has 0 spiro atoms. The van der Waals surface area contributed by atoms with Gasteiger partial charge in [-0.05, 0) is 43.3 Å². The van der Waals surface area contributed by atoms with Crippen molar-refractivity contribution in [1.82, 2.24) is 9.88 Å². The van der Waals surface area contributed by atoms with Crippen LogP contribution in [-0.4, -0.2) is 28.1 Å².